The van der Waals surface area contributed by atoms with Gasteiger partial charge in [-0.25, -0.2) is 0 Å². The highest BCUT2D eigenvalue weighted by atomic mass is 16.7. The molecule has 7 atom stereocenters. The molecule has 1 aliphatic carbocycles. The highest BCUT2D eigenvalue weighted by molar-refractivity contribution is 5.54. The van der Waals surface area contributed by atoms with Crippen LogP contribution in [-0.4, -0.2) is 86.2 Å². The third-order valence-electron chi connectivity index (χ3n) is 8.03. The van der Waals surface area contributed by atoms with Crippen molar-refractivity contribution in [2.75, 3.05) is 41.2 Å². The molecule has 0 saturated carbocycles. The largest absolute Gasteiger partial charge is 0.496 e. The van der Waals surface area contributed by atoms with Crippen molar-refractivity contribution in [2.45, 2.75) is 63.1 Å². The molecule has 0 aromatic heterocycles. The van der Waals surface area contributed by atoms with Gasteiger partial charge >= 0.3 is 0 Å². The quantitative estimate of drug-likeness (QED) is 0.395. The maximum absolute atomic E-state index is 10.5. The fourth-order valence-electron chi connectivity index (χ4n) is 5.84. The van der Waals surface area contributed by atoms with Crippen molar-refractivity contribution in [3.8, 4) is 17.2 Å². The zero-order valence-electron chi connectivity index (χ0n) is 23.6. The fourth-order valence-corrected chi connectivity index (χ4v) is 5.84. The maximum atomic E-state index is 10.5. The van der Waals surface area contributed by atoms with Gasteiger partial charge in [0.1, 0.15) is 24.1 Å². The summed E-state index contributed by atoms with van der Waals surface area (Å²) in [5.41, 5.74) is 3.99. The predicted octanol–water partition coefficient (Wildman–Crippen LogP) is 2.38. The Kier molecular flexibility index (Phi) is 9.10. The fraction of sp³-hybridized carbons (Fsp3) is 0.600. The molecule has 4 rings (SSSR count). The first-order chi connectivity index (χ1) is 18.5. The summed E-state index contributed by atoms with van der Waals surface area (Å²) in [6, 6.07) is 10.1. The van der Waals surface area contributed by atoms with Crippen molar-refractivity contribution in [2.24, 2.45) is 11.8 Å². The molecule has 1 heterocycles. The van der Waals surface area contributed by atoms with Crippen molar-refractivity contribution in [3.05, 3.63) is 52.6 Å². The Balaban J connectivity index is 1.80. The number of hydrogen-bond acceptors (Lipinski definition) is 9. The summed E-state index contributed by atoms with van der Waals surface area (Å²) in [7, 11) is 4.87. The summed E-state index contributed by atoms with van der Waals surface area (Å²) < 4.78 is 28.5. The number of benzene rings is 2. The van der Waals surface area contributed by atoms with Gasteiger partial charge in [-0.05, 0) is 64.1 Å². The molecule has 9 heteroatoms. The first-order valence-corrected chi connectivity index (χ1v) is 13.3. The van der Waals surface area contributed by atoms with E-state index in [0.717, 1.165) is 28.0 Å². The highest BCUT2D eigenvalue weighted by Gasteiger charge is 2.42. The second-order valence-electron chi connectivity index (χ2n) is 11.5. The van der Waals surface area contributed by atoms with Gasteiger partial charge in [-0.2, -0.15) is 0 Å². The van der Waals surface area contributed by atoms with E-state index >= 15 is 0 Å². The van der Waals surface area contributed by atoms with Crippen LogP contribution < -0.4 is 14.2 Å². The summed E-state index contributed by atoms with van der Waals surface area (Å²) in [6.45, 7) is 6.33. The molecule has 0 amide bonds. The molecule has 1 fully saturated rings. The third kappa shape index (κ3) is 5.89. The lowest BCUT2D eigenvalue weighted by Crippen LogP contribution is -2.54. The third-order valence-corrected chi connectivity index (χ3v) is 8.03. The van der Waals surface area contributed by atoms with Crippen LogP contribution in [0, 0.1) is 11.8 Å². The van der Waals surface area contributed by atoms with Gasteiger partial charge in [0.25, 0.3) is 0 Å². The van der Waals surface area contributed by atoms with Crippen molar-refractivity contribution in [3.63, 3.8) is 0 Å². The van der Waals surface area contributed by atoms with Crippen LogP contribution in [0.1, 0.15) is 48.9 Å². The summed E-state index contributed by atoms with van der Waals surface area (Å²) in [4.78, 5) is 0. The van der Waals surface area contributed by atoms with Crippen LogP contribution in [0.15, 0.2) is 30.3 Å². The number of hydrogen-bond donors (Lipinski definition) is 4. The predicted molar refractivity (Wildman–Crippen MR) is 145 cm³/mol. The first-order valence-electron chi connectivity index (χ1n) is 13.3. The molecular weight excluding hydrogens is 504 g/mol. The van der Waals surface area contributed by atoms with Gasteiger partial charge < -0.3 is 44.1 Å². The zero-order chi connectivity index (χ0) is 28.5. The van der Waals surface area contributed by atoms with Crippen molar-refractivity contribution < 1.29 is 44.1 Å². The number of methoxy groups -OCH3 is 3. The van der Waals surface area contributed by atoms with Crippen LogP contribution in [-0.2, 0) is 21.3 Å². The lowest BCUT2D eigenvalue weighted by molar-refractivity contribution is -0.274. The van der Waals surface area contributed by atoms with E-state index in [1.54, 1.807) is 21.3 Å². The Labute approximate surface area is 230 Å². The lowest BCUT2D eigenvalue weighted by atomic mass is 9.66. The van der Waals surface area contributed by atoms with Crippen LogP contribution in [0.3, 0.4) is 0 Å². The van der Waals surface area contributed by atoms with Crippen molar-refractivity contribution in [1.82, 2.24) is 0 Å². The molecule has 0 radical (unpaired) electrons. The molecule has 2 aliphatic rings. The molecule has 9 nitrogen and oxygen atoms in total. The van der Waals surface area contributed by atoms with E-state index in [-0.39, 0.29) is 43.0 Å². The summed E-state index contributed by atoms with van der Waals surface area (Å²) in [5.74, 6) is 1.45. The van der Waals surface area contributed by atoms with Gasteiger partial charge in [0.05, 0.1) is 34.5 Å². The maximum Gasteiger partial charge on any atom is 0.186 e. The van der Waals surface area contributed by atoms with Gasteiger partial charge in [0.2, 0.25) is 0 Å². The van der Waals surface area contributed by atoms with E-state index in [4.69, 9.17) is 23.7 Å². The topological polar surface area (TPSA) is 127 Å². The zero-order valence-corrected chi connectivity index (χ0v) is 23.6. The standard InChI is InChI=1S/C30H42O9/c1-30(2,3)21-10-16(7-8-23(21)35-4)26-19-12-25(37-6)24(36-5)11-17(19)9-18(13-31)20(26)14-38-29-28(34)27(33)22(32)15-39-29/h7-8,10-12,18,20,22,26-29,31-34H,9,13-15H2,1-6H3/t18?,20-,22-,26?,27+,28-,29-/m1/s1. The number of aliphatic hydroxyl groups is 4. The van der Waals surface area contributed by atoms with E-state index in [0.29, 0.717) is 17.9 Å². The SMILES string of the molecule is COc1cc2c(cc1OC)C(c1ccc(OC)c(C(C)(C)C)c1)[C@H](CO[C@@H]1OC[C@@H](O)[C@H](O)[C@H]1O)C(CO)C2. The molecule has 1 aliphatic heterocycles. The van der Waals surface area contributed by atoms with E-state index < -0.39 is 24.6 Å². The number of aliphatic hydroxyl groups excluding tert-OH is 4. The van der Waals surface area contributed by atoms with Crippen molar-refractivity contribution >= 4 is 0 Å². The summed E-state index contributed by atoms with van der Waals surface area (Å²) >= 11 is 0. The monoisotopic (exact) mass is 546 g/mol. The van der Waals surface area contributed by atoms with Gasteiger partial charge in [0, 0.05) is 12.5 Å². The second-order valence-corrected chi connectivity index (χ2v) is 11.5. The van der Waals surface area contributed by atoms with Crippen LogP contribution in [0.5, 0.6) is 17.2 Å². The number of rotatable bonds is 8. The minimum absolute atomic E-state index is 0.0734. The molecular formula is C30H42O9. The van der Waals surface area contributed by atoms with Crippen LogP contribution in [0.4, 0.5) is 0 Å². The number of fused-ring (bicyclic) bond motifs is 1. The van der Waals surface area contributed by atoms with Crippen LogP contribution >= 0.6 is 0 Å². The Bertz CT molecular complexity index is 1130. The molecule has 0 spiro atoms. The molecule has 2 unspecified atom stereocenters. The Morgan fingerprint density at radius 2 is 1.56 bits per heavy atom. The normalized spacial score (nSPS) is 29.0. The summed E-state index contributed by atoms with van der Waals surface area (Å²) in [5, 5.41) is 41.0. The lowest BCUT2D eigenvalue weighted by Gasteiger charge is -2.42. The minimum Gasteiger partial charge on any atom is -0.496 e. The molecule has 1 saturated heterocycles. The van der Waals surface area contributed by atoms with Gasteiger partial charge in [-0.3, -0.25) is 0 Å². The Morgan fingerprint density at radius 3 is 2.18 bits per heavy atom. The van der Waals surface area contributed by atoms with E-state index in [1.807, 2.05) is 24.3 Å². The number of ether oxygens (including phenoxy) is 5. The average molecular weight is 547 g/mol. The first kappa shape index (κ1) is 29.6. The Hall–Kier alpha value is -2.40. The second kappa shape index (κ2) is 12.0. The Morgan fingerprint density at radius 1 is 0.897 bits per heavy atom. The van der Waals surface area contributed by atoms with E-state index in [9.17, 15) is 20.4 Å². The smallest absolute Gasteiger partial charge is 0.186 e. The molecule has 216 valence electrons. The van der Waals surface area contributed by atoms with Crippen LogP contribution in [0.25, 0.3) is 0 Å². The van der Waals surface area contributed by atoms with Crippen molar-refractivity contribution in [1.29, 1.82) is 0 Å². The minimum atomic E-state index is -1.39. The summed E-state index contributed by atoms with van der Waals surface area (Å²) in [6.07, 6.45) is -4.46. The molecule has 4 N–H and O–H groups in total. The van der Waals surface area contributed by atoms with E-state index in [1.165, 1.54) is 0 Å². The molecule has 2 aromatic carbocycles. The van der Waals surface area contributed by atoms with Gasteiger partial charge in [-0.1, -0.05) is 32.9 Å². The van der Waals surface area contributed by atoms with Crippen LogP contribution in [0.2, 0.25) is 0 Å². The molecule has 0 bridgehead atoms. The van der Waals surface area contributed by atoms with E-state index in [2.05, 4.69) is 26.8 Å². The molecule has 39 heavy (non-hydrogen) atoms. The average Bonchev–Trinajstić information content (AvgIpc) is 2.93. The van der Waals surface area contributed by atoms with Gasteiger partial charge in [0.15, 0.2) is 17.8 Å². The molecule has 2 aromatic rings. The van der Waals surface area contributed by atoms with Gasteiger partial charge in [-0.15, -0.1) is 0 Å². The highest BCUT2D eigenvalue weighted by Crippen LogP contribution is 2.48.